The zero-order chi connectivity index (χ0) is 23.9. The highest BCUT2D eigenvalue weighted by molar-refractivity contribution is 6.30. The maximum atomic E-state index is 13.3. The molecule has 3 aromatic rings. The largest absolute Gasteiger partial charge is 0.497 e. The molecule has 3 aromatic carbocycles. The third kappa shape index (κ3) is 5.75. The molecular formula is C27H29ClN2O4. The molecule has 0 saturated carbocycles. The van der Waals surface area contributed by atoms with Gasteiger partial charge < -0.3 is 24.0 Å². The predicted molar refractivity (Wildman–Crippen MR) is 135 cm³/mol. The fourth-order valence-electron chi connectivity index (χ4n) is 4.00. The quantitative estimate of drug-likeness (QED) is 0.438. The topological polar surface area (TPSA) is 51.2 Å². The van der Waals surface area contributed by atoms with Gasteiger partial charge in [0, 0.05) is 54.1 Å². The van der Waals surface area contributed by atoms with Crippen LogP contribution in [0.25, 0.3) is 0 Å². The number of carbonyl (C=O) groups excluding carboxylic acids is 1. The Morgan fingerprint density at radius 1 is 0.912 bits per heavy atom. The molecule has 1 aliphatic heterocycles. The fourth-order valence-corrected chi connectivity index (χ4v) is 4.18. The van der Waals surface area contributed by atoms with Crippen LogP contribution in [-0.4, -0.2) is 50.7 Å². The van der Waals surface area contributed by atoms with Gasteiger partial charge in [-0.1, -0.05) is 23.7 Å². The molecule has 4 rings (SSSR count). The van der Waals surface area contributed by atoms with Crippen LogP contribution < -0.4 is 19.1 Å². The van der Waals surface area contributed by atoms with Gasteiger partial charge in [-0.3, -0.25) is 4.79 Å². The van der Waals surface area contributed by atoms with Gasteiger partial charge in [0.1, 0.15) is 23.9 Å². The van der Waals surface area contributed by atoms with Crippen molar-refractivity contribution in [3.63, 3.8) is 0 Å². The van der Waals surface area contributed by atoms with Crippen molar-refractivity contribution in [3.05, 3.63) is 82.9 Å². The summed E-state index contributed by atoms with van der Waals surface area (Å²) >= 11 is 6.14. The Morgan fingerprint density at radius 2 is 1.68 bits per heavy atom. The second-order valence-corrected chi connectivity index (χ2v) is 8.42. The Morgan fingerprint density at radius 3 is 2.41 bits per heavy atom. The number of anilines is 1. The number of piperazine rings is 1. The smallest absolute Gasteiger partial charge is 0.253 e. The number of ether oxygens (including phenoxy) is 3. The van der Waals surface area contributed by atoms with Crippen molar-refractivity contribution in [1.29, 1.82) is 0 Å². The number of nitrogens with zero attached hydrogens (tertiary/aromatic N) is 2. The van der Waals surface area contributed by atoms with E-state index in [-0.39, 0.29) is 12.5 Å². The van der Waals surface area contributed by atoms with Crippen molar-refractivity contribution in [1.82, 2.24) is 4.90 Å². The number of rotatable bonds is 8. The summed E-state index contributed by atoms with van der Waals surface area (Å²) in [4.78, 5) is 17.4. The van der Waals surface area contributed by atoms with E-state index in [1.807, 2.05) is 78.6 Å². The van der Waals surface area contributed by atoms with E-state index >= 15 is 0 Å². The van der Waals surface area contributed by atoms with E-state index in [4.69, 9.17) is 25.8 Å². The van der Waals surface area contributed by atoms with Crippen LogP contribution in [0.15, 0.2) is 66.7 Å². The monoisotopic (exact) mass is 480 g/mol. The minimum atomic E-state index is 0.0106. The zero-order valence-electron chi connectivity index (χ0n) is 19.5. The Balaban J connectivity index is 1.44. The number of hydrogen-bond donors (Lipinski definition) is 0. The second kappa shape index (κ2) is 11.2. The molecule has 1 aliphatic rings. The van der Waals surface area contributed by atoms with Crippen LogP contribution in [0, 0.1) is 0 Å². The fraction of sp³-hybridized carbons (Fsp3) is 0.296. The standard InChI is InChI=1S/C27H29ClN2O4/c1-3-33-26-11-10-20(16-21(26)19-34-25-9-5-8-24(18-25)32-2)27(31)30-14-12-29(13-15-30)23-7-4-6-22(28)17-23/h4-11,16-18H,3,12-15,19H2,1-2H3. The Labute approximate surface area is 205 Å². The molecule has 1 amide bonds. The first kappa shape index (κ1) is 23.8. The third-order valence-electron chi connectivity index (χ3n) is 5.78. The predicted octanol–water partition coefficient (Wildman–Crippen LogP) is 5.29. The lowest BCUT2D eigenvalue weighted by Crippen LogP contribution is -2.48. The number of hydrogen-bond acceptors (Lipinski definition) is 5. The number of benzene rings is 3. The number of carbonyl (C=O) groups is 1. The first-order valence-electron chi connectivity index (χ1n) is 11.4. The normalized spacial score (nSPS) is 13.5. The lowest BCUT2D eigenvalue weighted by molar-refractivity contribution is 0.0746. The average Bonchev–Trinajstić information content (AvgIpc) is 2.88. The van der Waals surface area contributed by atoms with Gasteiger partial charge >= 0.3 is 0 Å². The summed E-state index contributed by atoms with van der Waals surface area (Å²) in [6, 6.07) is 20.8. The van der Waals surface area contributed by atoms with Gasteiger partial charge in [-0.15, -0.1) is 0 Å². The number of amides is 1. The van der Waals surface area contributed by atoms with Gasteiger partial charge in [0.15, 0.2) is 0 Å². The molecule has 0 aliphatic carbocycles. The molecule has 0 radical (unpaired) electrons. The molecule has 34 heavy (non-hydrogen) atoms. The first-order valence-corrected chi connectivity index (χ1v) is 11.8. The van der Waals surface area contributed by atoms with Gasteiger partial charge in [-0.25, -0.2) is 0 Å². The molecule has 0 bridgehead atoms. The van der Waals surface area contributed by atoms with Crippen LogP contribution in [0.1, 0.15) is 22.8 Å². The van der Waals surface area contributed by atoms with E-state index in [1.165, 1.54) is 0 Å². The second-order valence-electron chi connectivity index (χ2n) is 7.98. The van der Waals surface area contributed by atoms with Crippen molar-refractivity contribution >= 4 is 23.2 Å². The highest BCUT2D eigenvalue weighted by Crippen LogP contribution is 2.26. The van der Waals surface area contributed by atoms with Crippen LogP contribution in [0.5, 0.6) is 17.2 Å². The minimum absolute atomic E-state index is 0.0106. The van der Waals surface area contributed by atoms with Crippen molar-refractivity contribution < 1.29 is 19.0 Å². The van der Waals surface area contributed by atoms with E-state index in [2.05, 4.69) is 4.90 Å². The van der Waals surface area contributed by atoms with Crippen LogP contribution in [0.4, 0.5) is 5.69 Å². The zero-order valence-corrected chi connectivity index (χ0v) is 20.3. The van der Waals surface area contributed by atoms with Crippen molar-refractivity contribution in [2.75, 3.05) is 44.8 Å². The van der Waals surface area contributed by atoms with E-state index in [0.717, 1.165) is 30.1 Å². The molecule has 0 atom stereocenters. The molecule has 1 fully saturated rings. The number of halogens is 1. The Hall–Kier alpha value is -3.38. The van der Waals surface area contributed by atoms with E-state index in [9.17, 15) is 4.79 Å². The molecule has 0 aromatic heterocycles. The molecule has 0 N–H and O–H groups in total. The van der Waals surface area contributed by atoms with Crippen LogP contribution in [0.2, 0.25) is 5.02 Å². The van der Waals surface area contributed by atoms with Crippen LogP contribution in [0.3, 0.4) is 0 Å². The highest BCUT2D eigenvalue weighted by atomic mass is 35.5. The molecule has 178 valence electrons. The van der Waals surface area contributed by atoms with Gasteiger partial charge in [0.05, 0.1) is 13.7 Å². The summed E-state index contributed by atoms with van der Waals surface area (Å²) in [5.41, 5.74) is 2.54. The average molecular weight is 481 g/mol. The van der Waals surface area contributed by atoms with Crippen LogP contribution >= 0.6 is 11.6 Å². The third-order valence-corrected chi connectivity index (χ3v) is 6.02. The van der Waals surface area contributed by atoms with Gasteiger partial charge in [-0.05, 0) is 55.5 Å². The minimum Gasteiger partial charge on any atom is -0.497 e. The van der Waals surface area contributed by atoms with Crippen LogP contribution in [-0.2, 0) is 6.61 Å². The SMILES string of the molecule is CCOc1ccc(C(=O)N2CCN(c3cccc(Cl)c3)CC2)cc1COc1cccc(OC)c1. The van der Waals surface area contributed by atoms with Crippen molar-refractivity contribution in [3.8, 4) is 17.2 Å². The Bertz CT molecular complexity index is 1130. The summed E-state index contributed by atoms with van der Waals surface area (Å²) in [5, 5.41) is 0.717. The lowest BCUT2D eigenvalue weighted by Gasteiger charge is -2.36. The molecule has 0 spiro atoms. The molecule has 0 unspecified atom stereocenters. The molecular weight excluding hydrogens is 452 g/mol. The van der Waals surface area contributed by atoms with E-state index in [1.54, 1.807) is 7.11 Å². The molecule has 6 nitrogen and oxygen atoms in total. The van der Waals surface area contributed by atoms with Gasteiger partial charge in [-0.2, -0.15) is 0 Å². The summed E-state index contributed by atoms with van der Waals surface area (Å²) < 4.78 is 17.0. The van der Waals surface area contributed by atoms with Crippen molar-refractivity contribution in [2.45, 2.75) is 13.5 Å². The Kier molecular flexibility index (Phi) is 7.80. The highest BCUT2D eigenvalue weighted by Gasteiger charge is 2.23. The van der Waals surface area contributed by atoms with Crippen molar-refractivity contribution in [2.24, 2.45) is 0 Å². The molecule has 1 saturated heterocycles. The molecule has 1 heterocycles. The van der Waals surface area contributed by atoms with E-state index in [0.29, 0.717) is 41.8 Å². The lowest BCUT2D eigenvalue weighted by atomic mass is 10.1. The summed E-state index contributed by atoms with van der Waals surface area (Å²) in [5.74, 6) is 2.14. The molecule has 7 heteroatoms. The maximum absolute atomic E-state index is 13.3. The summed E-state index contributed by atoms with van der Waals surface area (Å²) in [6.45, 7) is 5.56. The maximum Gasteiger partial charge on any atom is 0.253 e. The summed E-state index contributed by atoms with van der Waals surface area (Å²) in [7, 11) is 1.62. The first-order chi connectivity index (χ1) is 16.6. The van der Waals surface area contributed by atoms with E-state index < -0.39 is 0 Å². The van der Waals surface area contributed by atoms with Gasteiger partial charge in [0.25, 0.3) is 5.91 Å². The van der Waals surface area contributed by atoms with Gasteiger partial charge in [0.2, 0.25) is 0 Å². The summed E-state index contributed by atoms with van der Waals surface area (Å²) in [6.07, 6.45) is 0. The number of methoxy groups -OCH3 is 1.